The van der Waals surface area contributed by atoms with Crippen molar-refractivity contribution in [3.8, 4) is 5.75 Å². The third kappa shape index (κ3) is 4.75. The second-order valence-corrected chi connectivity index (χ2v) is 4.22. The number of hydrogen-bond donors (Lipinski definition) is 1. The first-order valence-electron chi connectivity index (χ1n) is 6.24. The number of rotatable bonds is 7. The minimum atomic E-state index is -0.137. The van der Waals surface area contributed by atoms with Gasteiger partial charge in [-0.3, -0.25) is 4.79 Å². The van der Waals surface area contributed by atoms with Crippen molar-refractivity contribution in [3.05, 3.63) is 29.8 Å². The van der Waals surface area contributed by atoms with Crippen molar-refractivity contribution in [1.29, 1.82) is 0 Å². The van der Waals surface area contributed by atoms with E-state index in [-0.39, 0.29) is 19.1 Å². The van der Waals surface area contributed by atoms with E-state index in [2.05, 4.69) is 6.92 Å². The molecular weight excluding hydrogens is 230 g/mol. The van der Waals surface area contributed by atoms with Gasteiger partial charge in [-0.2, -0.15) is 0 Å². The lowest BCUT2D eigenvalue weighted by atomic mass is 10.1. The predicted molar refractivity (Wildman–Crippen MR) is 70.7 cm³/mol. The molecule has 100 valence electrons. The fraction of sp³-hybridized carbons (Fsp3) is 0.500. The first-order valence-corrected chi connectivity index (χ1v) is 6.24. The number of aliphatic hydroxyl groups excluding tert-OH is 1. The highest BCUT2D eigenvalue weighted by Gasteiger charge is 2.08. The maximum Gasteiger partial charge on any atom is 0.260 e. The summed E-state index contributed by atoms with van der Waals surface area (Å²) in [6, 6.07) is 7.79. The Balaban J connectivity index is 2.41. The summed E-state index contributed by atoms with van der Waals surface area (Å²) >= 11 is 0. The van der Waals surface area contributed by atoms with Crippen LogP contribution >= 0.6 is 0 Å². The Morgan fingerprint density at radius 2 is 2.00 bits per heavy atom. The topological polar surface area (TPSA) is 49.8 Å². The van der Waals surface area contributed by atoms with Gasteiger partial charge in [0.15, 0.2) is 6.61 Å². The summed E-state index contributed by atoms with van der Waals surface area (Å²) in [5.41, 5.74) is 1.27. The molecule has 0 saturated heterocycles. The van der Waals surface area contributed by atoms with Gasteiger partial charge < -0.3 is 14.7 Å². The number of ether oxygens (including phenoxy) is 1. The molecule has 1 aromatic rings. The average molecular weight is 251 g/mol. The smallest absolute Gasteiger partial charge is 0.260 e. The maximum absolute atomic E-state index is 11.6. The molecular formula is C14H21NO3. The molecule has 0 atom stereocenters. The zero-order chi connectivity index (χ0) is 13.4. The number of aliphatic hydroxyl groups is 1. The Morgan fingerprint density at radius 1 is 1.33 bits per heavy atom. The highest BCUT2D eigenvalue weighted by Crippen LogP contribution is 2.13. The molecule has 0 heterocycles. The second kappa shape index (κ2) is 7.71. The van der Waals surface area contributed by atoms with Gasteiger partial charge in [-0.05, 0) is 24.1 Å². The van der Waals surface area contributed by atoms with Crippen molar-refractivity contribution >= 4 is 5.91 Å². The quantitative estimate of drug-likeness (QED) is 0.798. The first-order chi connectivity index (χ1) is 8.67. The molecule has 0 fully saturated rings. The summed E-state index contributed by atoms with van der Waals surface area (Å²) in [6.07, 6.45) is 2.17. The third-order valence-corrected chi connectivity index (χ3v) is 2.69. The van der Waals surface area contributed by atoms with Gasteiger partial charge in [0.1, 0.15) is 5.75 Å². The Morgan fingerprint density at radius 3 is 2.56 bits per heavy atom. The lowest BCUT2D eigenvalue weighted by molar-refractivity contribution is -0.132. The molecule has 18 heavy (non-hydrogen) atoms. The van der Waals surface area contributed by atoms with Crippen LogP contribution in [0.4, 0.5) is 0 Å². The second-order valence-electron chi connectivity index (χ2n) is 4.22. The summed E-state index contributed by atoms with van der Waals surface area (Å²) in [5, 5.41) is 8.72. The fourth-order valence-corrected chi connectivity index (χ4v) is 1.57. The number of hydrogen-bond acceptors (Lipinski definition) is 3. The van der Waals surface area contributed by atoms with E-state index < -0.39 is 0 Å². The molecule has 4 nitrogen and oxygen atoms in total. The molecule has 1 amide bonds. The van der Waals surface area contributed by atoms with Crippen LogP contribution in [0.15, 0.2) is 24.3 Å². The number of aryl methyl sites for hydroxylation is 1. The molecule has 0 radical (unpaired) electrons. The van der Waals surface area contributed by atoms with E-state index in [1.807, 2.05) is 24.3 Å². The van der Waals surface area contributed by atoms with Gasteiger partial charge in [-0.15, -0.1) is 0 Å². The Kier molecular flexibility index (Phi) is 6.22. The van der Waals surface area contributed by atoms with Crippen LogP contribution < -0.4 is 4.74 Å². The lowest BCUT2D eigenvalue weighted by Gasteiger charge is -2.15. The summed E-state index contributed by atoms with van der Waals surface area (Å²) in [6.45, 7) is 2.44. The third-order valence-electron chi connectivity index (χ3n) is 2.69. The number of benzene rings is 1. The van der Waals surface area contributed by atoms with Crippen LogP contribution in [-0.4, -0.2) is 42.7 Å². The van der Waals surface area contributed by atoms with Crippen LogP contribution in [0.2, 0.25) is 0 Å². The van der Waals surface area contributed by atoms with Gasteiger partial charge in [-0.25, -0.2) is 0 Å². The molecule has 4 heteroatoms. The SMILES string of the molecule is CCCc1ccc(OCC(=O)N(C)CCO)cc1. The molecule has 0 aromatic heterocycles. The highest BCUT2D eigenvalue weighted by molar-refractivity contribution is 5.77. The molecule has 0 aliphatic heterocycles. The van der Waals surface area contributed by atoms with E-state index >= 15 is 0 Å². The van der Waals surface area contributed by atoms with Gasteiger partial charge >= 0.3 is 0 Å². The zero-order valence-electron chi connectivity index (χ0n) is 11.1. The van der Waals surface area contributed by atoms with Crippen LogP contribution in [0, 0.1) is 0 Å². The lowest BCUT2D eigenvalue weighted by Crippen LogP contribution is -2.33. The van der Waals surface area contributed by atoms with Gasteiger partial charge in [0.2, 0.25) is 0 Å². The Labute approximate surface area is 108 Å². The largest absolute Gasteiger partial charge is 0.484 e. The fourth-order valence-electron chi connectivity index (χ4n) is 1.57. The van der Waals surface area contributed by atoms with Gasteiger partial charge in [0.05, 0.1) is 6.61 Å². The van der Waals surface area contributed by atoms with Crippen molar-refractivity contribution in [1.82, 2.24) is 4.90 Å². The monoisotopic (exact) mass is 251 g/mol. The number of carbonyl (C=O) groups excluding carboxylic acids is 1. The number of carbonyl (C=O) groups is 1. The van der Waals surface area contributed by atoms with E-state index in [1.54, 1.807) is 7.05 Å². The summed E-state index contributed by atoms with van der Waals surface area (Å²) < 4.78 is 5.40. The molecule has 0 bridgehead atoms. The van der Waals surface area contributed by atoms with Gasteiger partial charge in [0.25, 0.3) is 5.91 Å². The number of amides is 1. The van der Waals surface area contributed by atoms with E-state index in [0.29, 0.717) is 12.3 Å². The molecule has 0 unspecified atom stereocenters. The Hall–Kier alpha value is -1.55. The Bertz CT molecular complexity index is 362. The van der Waals surface area contributed by atoms with Gasteiger partial charge in [0, 0.05) is 13.6 Å². The normalized spacial score (nSPS) is 10.2. The van der Waals surface area contributed by atoms with Crippen LogP contribution in [0.25, 0.3) is 0 Å². The van der Waals surface area contributed by atoms with Crippen molar-refractivity contribution in [2.45, 2.75) is 19.8 Å². The average Bonchev–Trinajstić information content (AvgIpc) is 2.38. The number of nitrogens with zero attached hydrogens (tertiary/aromatic N) is 1. The molecule has 1 N–H and O–H groups in total. The minimum Gasteiger partial charge on any atom is -0.484 e. The van der Waals surface area contributed by atoms with Crippen molar-refractivity contribution in [2.75, 3.05) is 26.8 Å². The zero-order valence-corrected chi connectivity index (χ0v) is 11.1. The number of likely N-dealkylation sites (N-methyl/N-ethyl adjacent to an activating group) is 1. The van der Waals surface area contributed by atoms with E-state index in [4.69, 9.17) is 9.84 Å². The minimum absolute atomic E-state index is 0.00360. The molecule has 1 aromatic carbocycles. The maximum atomic E-state index is 11.6. The predicted octanol–water partition coefficient (Wildman–Crippen LogP) is 1.47. The molecule has 1 rings (SSSR count). The van der Waals surface area contributed by atoms with Crippen LogP contribution in [0.3, 0.4) is 0 Å². The van der Waals surface area contributed by atoms with E-state index in [9.17, 15) is 4.79 Å². The van der Waals surface area contributed by atoms with E-state index in [1.165, 1.54) is 10.5 Å². The van der Waals surface area contributed by atoms with Gasteiger partial charge in [-0.1, -0.05) is 25.5 Å². The van der Waals surface area contributed by atoms with Crippen LogP contribution in [0.5, 0.6) is 5.75 Å². The summed E-state index contributed by atoms with van der Waals surface area (Å²) in [5.74, 6) is 0.558. The van der Waals surface area contributed by atoms with Crippen LogP contribution in [0.1, 0.15) is 18.9 Å². The summed E-state index contributed by atoms with van der Waals surface area (Å²) in [7, 11) is 1.65. The van der Waals surface area contributed by atoms with Crippen molar-refractivity contribution in [3.63, 3.8) is 0 Å². The standard InChI is InChI=1S/C14H21NO3/c1-3-4-12-5-7-13(8-6-12)18-11-14(17)15(2)9-10-16/h5-8,16H,3-4,9-11H2,1-2H3. The highest BCUT2D eigenvalue weighted by atomic mass is 16.5. The molecule has 0 saturated carbocycles. The van der Waals surface area contributed by atoms with Crippen molar-refractivity contribution in [2.24, 2.45) is 0 Å². The molecule has 0 aliphatic carbocycles. The molecule has 0 spiro atoms. The molecule has 0 aliphatic rings. The summed E-state index contributed by atoms with van der Waals surface area (Å²) in [4.78, 5) is 13.0. The van der Waals surface area contributed by atoms with E-state index in [0.717, 1.165) is 12.8 Å². The van der Waals surface area contributed by atoms with Crippen molar-refractivity contribution < 1.29 is 14.6 Å². The first kappa shape index (κ1) is 14.5. The van der Waals surface area contributed by atoms with Crippen LogP contribution in [-0.2, 0) is 11.2 Å².